The summed E-state index contributed by atoms with van der Waals surface area (Å²) in [5.74, 6) is 0.648. The third kappa shape index (κ3) is 6.35. The quantitative estimate of drug-likeness (QED) is 0.320. The molecule has 1 aliphatic heterocycles. The molecular formula is C20H39N5O2. The predicted octanol–water partition coefficient (Wildman–Crippen LogP) is 1.48. The number of primary amides is 1. The zero-order valence-electron chi connectivity index (χ0n) is 17.6. The number of amides is 1. The zero-order valence-corrected chi connectivity index (χ0v) is 17.6. The molecule has 0 aromatic heterocycles. The Kier molecular flexibility index (Phi) is 8.35. The van der Waals surface area contributed by atoms with Crippen LogP contribution in [0.3, 0.4) is 0 Å². The number of nitrogens with one attached hydrogen (secondary N) is 2. The van der Waals surface area contributed by atoms with Gasteiger partial charge in [0.2, 0.25) is 5.91 Å². The Bertz CT molecular complexity index is 501. The summed E-state index contributed by atoms with van der Waals surface area (Å²) in [5.41, 5.74) is 5.40. The Labute approximate surface area is 164 Å². The van der Waals surface area contributed by atoms with E-state index in [0.717, 1.165) is 57.9 Å². The van der Waals surface area contributed by atoms with Crippen LogP contribution < -0.4 is 16.4 Å². The van der Waals surface area contributed by atoms with Gasteiger partial charge in [-0.3, -0.25) is 14.7 Å². The van der Waals surface area contributed by atoms with Crippen molar-refractivity contribution in [2.24, 2.45) is 16.1 Å². The lowest BCUT2D eigenvalue weighted by atomic mass is 9.64. The van der Waals surface area contributed by atoms with Crippen molar-refractivity contribution in [3.63, 3.8) is 0 Å². The highest BCUT2D eigenvalue weighted by Gasteiger charge is 2.49. The van der Waals surface area contributed by atoms with E-state index in [1.165, 1.54) is 6.42 Å². The minimum atomic E-state index is -0.251. The lowest BCUT2D eigenvalue weighted by Gasteiger charge is -2.52. The van der Waals surface area contributed by atoms with E-state index >= 15 is 0 Å². The van der Waals surface area contributed by atoms with Crippen molar-refractivity contribution in [3.05, 3.63) is 0 Å². The number of carbonyl (C=O) groups is 1. The second kappa shape index (κ2) is 10.3. The van der Waals surface area contributed by atoms with Crippen LogP contribution in [0.1, 0.15) is 59.8 Å². The lowest BCUT2D eigenvalue weighted by molar-refractivity contribution is -0.119. The number of hydrogen-bond acceptors (Lipinski definition) is 4. The van der Waals surface area contributed by atoms with Crippen molar-refractivity contribution < 1.29 is 9.53 Å². The fourth-order valence-corrected chi connectivity index (χ4v) is 3.89. The minimum absolute atomic E-state index is 0.106. The maximum absolute atomic E-state index is 11.1. The lowest BCUT2D eigenvalue weighted by Crippen LogP contribution is -2.64. The fraction of sp³-hybridized carbons (Fsp3) is 0.900. The van der Waals surface area contributed by atoms with Gasteiger partial charge in [0.05, 0.1) is 12.6 Å². The molecule has 7 nitrogen and oxygen atoms in total. The highest BCUT2D eigenvalue weighted by Crippen LogP contribution is 2.42. The first-order chi connectivity index (χ1) is 12.9. The monoisotopic (exact) mass is 381 g/mol. The van der Waals surface area contributed by atoms with Crippen molar-refractivity contribution >= 4 is 11.9 Å². The van der Waals surface area contributed by atoms with Gasteiger partial charge in [-0.25, -0.2) is 0 Å². The Morgan fingerprint density at radius 1 is 1.26 bits per heavy atom. The van der Waals surface area contributed by atoms with E-state index in [1.54, 1.807) is 0 Å². The van der Waals surface area contributed by atoms with Crippen LogP contribution in [0.5, 0.6) is 0 Å². The van der Waals surface area contributed by atoms with Crippen LogP contribution >= 0.6 is 0 Å². The molecule has 2 atom stereocenters. The zero-order chi connectivity index (χ0) is 19.9. The number of aliphatic imine (C=N–C) groups is 1. The summed E-state index contributed by atoms with van der Waals surface area (Å²) in [6, 6.07) is 0.753. The number of likely N-dealkylation sites (tertiary alicyclic amines) is 1. The molecule has 0 aromatic carbocycles. The second-order valence-electron chi connectivity index (χ2n) is 8.45. The molecule has 1 saturated heterocycles. The third-order valence-corrected chi connectivity index (χ3v) is 5.93. The Morgan fingerprint density at radius 2 is 1.96 bits per heavy atom. The summed E-state index contributed by atoms with van der Waals surface area (Å²) >= 11 is 0. The van der Waals surface area contributed by atoms with Gasteiger partial charge in [0.15, 0.2) is 5.96 Å². The van der Waals surface area contributed by atoms with Crippen molar-refractivity contribution in [1.82, 2.24) is 15.5 Å². The molecule has 0 bridgehead atoms. The summed E-state index contributed by atoms with van der Waals surface area (Å²) in [7, 11) is 0. The van der Waals surface area contributed by atoms with Crippen LogP contribution in [0.15, 0.2) is 4.99 Å². The number of hydrogen-bond donors (Lipinski definition) is 3. The maximum atomic E-state index is 11.1. The average molecular weight is 382 g/mol. The molecule has 156 valence electrons. The largest absolute Gasteiger partial charge is 0.378 e. The van der Waals surface area contributed by atoms with Crippen LogP contribution in [0, 0.1) is 5.41 Å². The molecule has 0 spiro atoms. The number of nitrogens with zero attached hydrogens (tertiary/aromatic N) is 2. The van der Waals surface area contributed by atoms with Gasteiger partial charge >= 0.3 is 0 Å². The fourth-order valence-electron chi connectivity index (χ4n) is 3.89. The molecule has 2 aliphatic rings. The van der Waals surface area contributed by atoms with E-state index in [1.807, 2.05) is 0 Å². The number of carbonyl (C=O) groups excluding carboxylic acids is 1. The van der Waals surface area contributed by atoms with Gasteiger partial charge in [-0.1, -0.05) is 27.2 Å². The smallest absolute Gasteiger partial charge is 0.231 e. The first-order valence-corrected chi connectivity index (χ1v) is 10.6. The topological polar surface area (TPSA) is 92.0 Å². The van der Waals surface area contributed by atoms with Gasteiger partial charge in [-0.15, -0.1) is 0 Å². The molecular weight excluding hydrogens is 342 g/mol. The van der Waals surface area contributed by atoms with Crippen molar-refractivity contribution in [2.45, 2.75) is 78.0 Å². The molecule has 1 amide bonds. The standard InChI is InChI=1S/C20H39N5O2/c1-5-7-12-27-17-13-16(20(17,3)4)24-19(22-6-2)23-15-8-10-25(11-9-15)14-18(21)26/h15-17H,5-14H2,1-4H3,(H2,21,26)(H2,22,23,24). The molecule has 0 aromatic rings. The number of piperidine rings is 1. The Morgan fingerprint density at radius 3 is 2.52 bits per heavy atom. The molecule has 1 aliphatic carbocycles. The van der Waals surface area contributed by atoms with Crippen LogP contribution in [0.2, 0.25) is 0 Å². The molecule has 2 fully saturated rings. The van der Waals surface area contributed by atoms with Crippen LogP contribution in [0.25, 0.3) is 0 Å². The Hall–Kier alpha value is -1.34. The number of unbranched alkanes of at least 4 members (excludes halogenated alkanes) is 1. The van der Waals surface area contributed by atoms with E-state index in [2.05, 4.69) is 48.2 Å². The SMILES string of the molecule is CCCCOC1CC(NC(=NCC)NC2CCN(CC(N)=O)CC2)C1(C)C. The minimum Gasteiger partial charge on any atom is -0.378 e. The van der Waals surface area contributed by atoms with Gasteiger partial charge in [0.25, 0.3) is 0 Å². The van der Waals surface area contributed by atoms with Crippen LogP contribution in [0.4, 0.5) is 0 Å². The van der Waals surface area contributed by atoms with Gasteiger partial charge in [0.1, 0.15) is 0 Å². The van der Waals surface area contributed by atoms with Gasteiger partial charge in [-0.2, -0.15) is 0 Å². The molecule has 2 rings (SSSR count). The summed E-state index contributed by atoms with van der Waals surface area (Å²) in [5, 5.41) is 7.22. The first kappa shape index (κ1) is 22.0. The third-order valence-electron chi connectivity index (χ3n) is 5.93. The number of guanidine groups is 1. The van der Waals surface area contributed by atoms with E-state index in [9.17, 15) is 4.79 Å². The van der Waals surface area contributed by atoms with E-state index in [4.69, 9.17) is 10.5 Å². The molecule has 27 heavy (non-hydrogen) atoms. The number of nitrogens with two attached hydrogens (primary N) is 1. The van der Waals surface area contributed by atoms with Crippen LogP contribution in [-0.2, 0) is 9.53 Å². The van der Waals surface area contributed by atoms with Gasteiger partial charge < -0.3 is 21.1 Å². The molecule has 0 radical (unpaired) electrons. The predicted molar refractivity (Wildman–Crippen MR) is 110 cm³/mol. The summed E-state index contributed by atoms with van der Waals surface area (Å²) in [6.45, 7) is 12.5. The summed E-state index contributed by atoms with van der Waals surface area (Å²) in [4.78, 5) is 17.8. The highest BCUT2D eigenvalue weighted by molar-refractivity contribution is 5.80. The number of ether oxygens (including phenoxy) is 1. The molecule has 7 heteroatoms. The van der Waals surface area contributed by atoms with Gasteiger partial charge in [0, 0.05) is 43.7 Å². The van der Waals surface area contributed by atoms with E-state index < -0.39 is 0 Å². The normalized spacial score (nSPS) is 26.4. The second-order valence-corrected chi connectivity index (χ2v) is 8.45. The molecule has 1 heterocycles. The molecule has 4 N–H and O–H groups in total. The van der Waals surface area contributed by atoms with Crippen molar-refractivity contribution in [2.75, 3.05) is 32.8 Å². The molecule has 1 saturated carbocycles. The van der Waals surface area contributed by atoms with E-state index in [-0.39, 0.29) is 11.3 Å². The summed E-state index contributed by atoms with van der Waals surface area (Å²) < 4.78 is 6.06. The Balaban J connectivity index is 1.80. The summed E-state index contributed by atoms with van der Waals surface area (Å²) in [6.07, 6.45) is 5.64. The molecule has 2 unspecified atom stereocenters. The maximum Gasteiger partial charge on any atom is 0.231 e. The van der Waals surface area contributed by atoms with Crippen LogP contribution in [-0.4, -0.2) is 67.7 Å². The number of rotatable bonds is 9. The van der Waals surface area contributed by atoms with Gasteiger partial charge in [-0.05, 0) is 32.6 Å². The van der Waals surface area contributed by atoms with Crippen molar-refractivity contribution in [3.8, 4) is 0 Å². The first-order valence-electron chi connectivity index (χ1n) is 10.6. The average Bonchev–Trinajstić information content (AvgIpc) is 2.61. The van der Waals surface area contributed by atoms with E-state index in [0.29, 0.717) is 24.7 Å². The highest BCUT2D eigenvalue weighted by atomic mass is 16.5. The van der Waals surface area contributed by atoms with Crippen molar-refractivity contribution in [1.29, 1.82) is 0 Å².